The second kappa shape index (κ2) is 8.20. The first-order valence-electron chi connectivity index (χ1n) is 8.74. The van der Waals surface area contributed by atoms with Crippen LogP contribution < -0.4 is 4.74 Å². The molecular formula is C20H25NO4S. The molecule has 0 fully saturated rings. The van der Waals surface area contributed by atoms with Crippen LogP contribution in [0.5, 0.6) is 5.75 Å². The number of nitrogens with zero attached hydrogens (tertiary/aromatic N) is 1. The summed E-state index contributed by atoms with van der Waals surface area (Å²) < 4.78 is 37.8. The third kappa shape index (κ3) is 4.09. The van der Waals surface area contributed by atoms with Gasteiger partial charge in [-0.15, -0.1) is 0 Å². The maximum Gasteiger partial charge on any atom is 0.216 e. The average molecular weight is 375 g/mol. The third-order valence-electron chi connectivity index (χ3n) is 4.83. The van der Waals surface area contributed by atoms with Crippen LogP contribution in [0.3, 0.4) is 0 Å². The molecule has 0 spiro atoms. The van der Waals surface area contributed by atoms with Crippen LogP contribution in [0.2, 0.25) is 0 Å². The molecule has 0 saturated carbocycles. The topological polar surface area (TPSA) is 55.8 Å². The van der Waals surface area contributed by atoms with Gasteiger partial charge in [0.05, 0.1) is 25.5 Å². The minimum Gasteiger partial charge on any atom is -0.497 e. The number of hydrogen-bond donors (Lipinski definition) is 0. The van der Waals surface area contributed by atoms with E-state index in [2.05, 4.69) is 0 Å². The van der Waals surface area contributed by atoms with Crippen LogP contribution in [-0.2, 0) is 27.6 Å². The SMILES string of the molecule is COCCS(=O)(=O)N1CCc2cc(OC)ccc2C1Cc1ccccc1. The smallest absolute Gasteiger partial charge is 0.216 e. The van der Waals surface area contributed by atoms with Crippen molar-refractivity contribution in [2.75, 3.05) is 33.1 Å². The highest BCUT2D eigenvalue weighted by Crippen LogP contribution is 2.36. The zero-order valence-electron chi connectivity index (χ0n) is 15.2. The summed E-state index contributed by atoms with van der Waals surface area (Å²) in [5, 5.41) is 0. The summed E-state index contributed by atoms with van der Waals surface area (Å²) in [5.41, 5.74) is 3.33. The molecule has 0 amide bonds. The summed E-state index contributed by atoms with van der Waals surface area (Å²) in [6.45, 7) is 0.677. The van der Waals surface area contributed by atoms with Crippen LogP contribution >= 0.6 is 0 Å². The van der Waals surface area contributed by atoms with Gasteiger partial charge in [0.2, 0.25) is 10.0 Å². The van der Waals surface area contributed by atoms with Gasteiger partial charge >= 0.3 is 0 Å². The quantitative estimate of drug-likeness (QED) is 0.747. The van der Waals surface area contributed by atoms with Crippen molar-refractivity contribution in [3.05, 3.63) is 65.2 Å². The predicted octanol–water partition coefficient (Wildman–Crippen LogP) is 2.81. The van der Waals surface area contributed by atoms with E-state index >= 15 is 0 Å². The van der Waals surface area contributed by atoms with E-state index in [1.807, 2.05) is 48.5 Å². The Labute approximate surface area is 155 Å². The number of sulfonamides is 1. The first-order valence-corrected chi connectivity index (χ1v) is 10.4. The lowest BCUT2D eigenvalue weighted by Crippen LogP contribution is -2.42. The van der Waals surface area contributed by atoms with Crippen molar-refractivity contribution in [3.8, 4) is 5.75 Å². The molecule has 2 aromatic carbocycles. The molecule has 3 rings (SSSR count). The fourth-order valence-electron chi connectivity index (χ4n) is 3.48. The Kier molecular flexibility index (Phi) is 5.96. The van der Waals surface area contributed by atoms with Gasteiger partial charge in [-0.05, 0) is 41.7 Å². The number of rotatable bonds is 7. The molecule has 1 heterocycles. The van der Waals surface area contributed by atoms with Crippen molar-refractivity contribution in [2.45, 2.75) is 18.9 Å². The molecule has 0 bridgehead atoms. The van der Waals surface area contributed by atoms with Crippen molar-refractivity contribution in [3.63, 3.8) is 0 Å². The van der Waals surface area contributed by atoms with E-state index in [0.717, 1.165) is 22.4 Å². The molecule has 0 radical (unpaired) electrons. The van der Waals surface area contributed by atoms with E-state index < -0.39 is 10.0 Å². The Bertz CT molecular complexity index is 836. The predicted molar refractivity (Wildman–Crippen MR) is 102 cm³/mol. The highest BCUT2D eigenvalue weighted by Gasteiger charge is 2.35. The molecule has 0 aliphatic carbocycles. The molecular weight excluding hydrogens is 350 g/mol. The van der Waals surface area contributed by atoms with Crippen molar-refractivity contribution >= 4 is 10.0 Å². The van der Waals surface area contributed by atoms with Crippen LogP contribution in [0.25, 0.3) is 0 Å². The number of methoxy groups -OCH3 is 2. The van der Waals surface area contributed by atoms with E-state index in [4.69, 9.17) is 9.47 Å². The molecule has 0 aromatic heterocycles. The minimum absolute atomic E-state index is 0.000275. The van der Waals surface area contributed by atoms with Crippen molar-refractivity contribution < 1.29 is 17.9 Å². The van der Waals surface area contributed by atoms with Gasteiger partial charge in [-0.25, -0.2) is 8.42 Å². The average Bonchev–Trinajstić information content (AvgIpc) is 2.66. The number of benzene rings is 2. The summed E-state index contributed by atoms with van der Waals surface area (Å²) in [5.74, 6) is 0.804. The number of fused-ring (bicyclic) bond motifs is 1. The van der Waals surface area contributed by atoms with Gasteiger partial charge < -0.3 is 9.47 Å². The van der Waals surface area contributed by atoms with Crippen LogP contribution in [0.15, 0.2) is 48.5 Å². The van der Waals surface area contributed by atoms with Gasteiger partial charge in [0.1, 0.15) is 5.75 Å². The van der Waals surface area contributed by atoms with Crippen LogP contribution in [-0.4, -0.2) is 45.8 Å². The van der Waals surface area contributed by atoms with Gasteiger partial charge in [-0.1, -0.05) is 36.4 Å². The molecule has 0 saturated heterocycles. The Hall–Kier alpha value is -1.89. The van der Waals surface area contributed by atoms with Gasteiger partial charge in [-0.3, -0.25) is 0 Å². The summed E-state index contributed by atoms with van der Waals surface area (Å²) in [7, 11) is -0.227. The fraction of sp³-hybridized carbons (Fsp3) is 0.400. The van der Waals surface area contributed by atoms with Gasteiger partial charge in [0, 0.05) is 13.7 Å². The molecule has 140 valence electrons. The van der Waals surface area contributed by atoms with Gasteiger partial charge in [0.15, 0.2) is 0 Å². The van der Waals surface area contributed by atoms with Crippen molar-refractivity contribution in [1.29, 1.82) is 0 Å². The maximum atomic E-state index is 12.9. The second-order valence-corrected chi connectivity index (χ2v) is 8.48. The van der Waals surface area contributed by atoms with Crippen LogP contribution in [0, 0.1) is 0 Å². The third-order valence-corrected chi connectivity index (χ3v) is 6.67. The monoisotopic (exact) mass is 375 g/mol. The zero-order valence-corrected chi connectivity index (χ0v) is 16.0. The minimum atomic E-state index is -3.40. The van der Waals surface area contributed by atoms with E-state index in [-0.39, 0.29) is 18.4 Å². The molecule has 1 atom stereocenters. The standard InChI is InChI=1S/C20H25NO4S/c1-24-12-13-26(22,23)21-11-10-17-15-18(25-2)8-9-19(17)20(21)14-16-6-4-3-5-7-16/h3-9,15,20H,10-14H2,1-2H3. The Morgan fingerprint density at radius 1 is 1.12 bits per heavy atom. The molecule has 6 heteroatoms. The first-order chi connectivity index (χ1) is 12.5. The van der Waals surface area contributed by atoms with Crippen molar-refractivity contribution in [1.82, 2.24) is 4.31 Å². The van der Waals surface area contributed by atoms with Gasteiger partial charge in [0.25, 0.3) is 0 Å². The summed E-state index contributed by atoms with van der Waals surface area (Å²) >= 11 is 0. The van der Waals surface area contributed by atoms with E-state index in [9.17, 15) is 8.42 Å². The molecule has 5 nitrogen and oxygen atoms in total. The Morgan fingerprint density at radius 3 is 2.58 bits per heavy atom. The fourth-order valence-corrected chi connectivity index (χ4v) is 5.04. The van der Waals surface area contributed by atoms with Gasteiger partial charge in [-0.2, -0.15) is 4.31 Å². The zero-order chi connectivity index (χ0) is 18.6. The highest BCUT2D eigenvalue weighted by molar-refractivity contribution is 7.89. The molecule has 26 heavy (non-hydrogen) atoms. The first kappa shape index (κ1) is 18.9. The lowest BCUT2D eigenvalue weighted by atomic mass is 9.90. The molecule has 1 aliphatic heterocycles. The summed E-state index contributed by atoms with van der Waals surface area (Å²) in [6.07, 6.45) is 1.33. The number of ether oxygens (including phenoxy) is 2. The second-order valence-electron chi connectivity index (χ2n) is 6.44. The molecule has 1 aliphatic rings. The van der Waals surface area contributed by atoms with Crippen LogP contribution in [0.4, 0.5) is 0 Å². The largest absolute Gasteiger partial charge is 0.497 e. The van der Waals surface area contributed by atoms with E-state index in [0.29, 0.717) is 19.4 Å². The Balaban J connectivity index is 1.98. The lowest BCUT2D eigenvalue weighted by molar-refractivity contribution is 0.213. The lowest BCUT2D eigenvalue weighted by Gasteiger charge is -2.36. The molecule has 0 N–H and O–H groups in total. The van der Waals surface area contributed by atoms with Crippen molar-refractivity contribution in [2.24, 2.45) is 0 Å². The summed E-state index contributed by atoms with van der Waals surface area (Å²) in [6, 6.07) is 15.7. The summed E-state index contributed by atoms with van der Waals surface area (Å²) in [4.78, 5) is 0. The van der Waals surface area contributed by atoms with E-state index in [1.165, 1.54) is 7.11 Å². The number of hydrogen-bond acceptors (Lipinski definition) is 4. The molecule has 2 aromatic rings. The van der Waals surface area contributed by atoms with E-state index in [1.54, 1.807) is 11.4 Å². The highest BCUT2D eigenvalue weighted by atomic mass is 32.2. The van der Waals surface area contributed by atoms with Crippen LogP contribution in [0.1, 0.15) is 22.7 Å². The normalized spacial score (nSPS) is 17.7. The molecule has 1 unspecified atom stereocenters. The Morgan fingerprint density at radius 2 is 1.88 bits per heavy atom. The maximum absolute atomic E-state index is 12.9.